The fourth-order valence-electron chi connectivity index (χ4n) is 2.09. The first-order valence-electron chi connectivity index (χ1n) is 6.24. The number of likely N-dealkylation sites (tertiary alicyclic amines) is 1. The summed E-state index contributed by atoms with van der Waals surface area (Å²) in [5.74, 6) is -0.418. The summed E-state index contributed by atoms with van der Waals surface area (Å²) >= 11 is 1.01. The van der Waals surface area contributed by atoms with Gasteiger partial charge in [0.15, 0.2) is 0 Å². The van der Waals surface area contributed by atoms with E-state index in [1.54, 1.807) is 11.8 Å². The number of anilines is 1. The minimum absolute atomic E-state index is 0.0868. The van der Waals surface area contributed by atoms with E-state index in [0.29, 0.717) is 29.7 Å². The summed E-state index contributed by atoms with van der Waals surface area (Å²) in [5.41, 5.74) is 0.517. The summed E-state index contributed by atoms with van der Waals surface area (Å²) in [6.07, 6.45) is 1.97. The van der Waals surface area contributed by atoms with Crippen LogP contribution in [-0.4, -0.2) is 39.5 Å². The molecule has 1 aromatic rings. The zero-order valence-electron chi connectivity index (χ0n) is 11.0. The molecule has 0 radical (unpaired) electrons. The van der Waals surface area contributed by atoms with Crippen molar-refractivity contribution in [3.63, 3.8) is 0 Å². The highest BCUT2D eigenvalue weighted by atomic mass is 32.1. The SMILES string of the molecule is Cc1nsc(NC(=O)N2CCC(C)CC2)c1C(=O)O. The molecule has 2 rings (SSSR count). The third-order valence-electron chi connectivity index (χ3n) is 3.37. The van der Waals surface area contributed by atoms with Gasteiger partial charge in [0.2, 0.25) is 0 Å². The molecule has 1 aliphatic rings. The van der Waals surface area contributed by atoms with E-state index in [4.69, 9.17) is 5.11 Å². The summed E-state index contributed by atoms with van der Waals surface area (Å²) in [5, 5.41) is 12.1. The number of urea groups is 1. The van der Waals surface area contributed by atoms with Crippen LogP contribution in [0.2, 0.25) is 0 Å². The Bertz CT molecular complexity index is 492. The maximum absolute atomic E-state index is 12.1. The molecule has 0 unspecified atom stereocenters. The predicted molar refractivity (Wildman–Crippen MR) is 72.8 cm³/mol. The van der Waals surface area contributed by atoms with Gasteiger partial charge in [-0.1, -0.05) is 6.92 Å². The Hall–Kier alpha value is -1.63. The van der Waals surface area contributed by atoms with Gasteiger partial charge in [-0.25, -0.2) is 9.59 Å². The van der Waals surface area contributed by atoms with Crippen LogP contribution in [0.3, 0.4) is 0 Å². The lowest BCUT2D eigenvalue weighted by molar-refractivity contribution is 0.0697. The number of carboxylic acid groups (broad SMARTS) is 1. The summed E-state index contributed by atoms with van der Waals surface area (Å²) in [6, 6.07) is -0.238. The van der Waals surface area contributed by atoms with Crippen LogP contribution in [0.1, 0.15) is 35.8 Å². The quantitative estimate of drug-likeness (QED) is 0.873. The van der Waals surface area contributed by atoms with E-state index in [-0.39, 0.29) is 11.6 Å². The molecule has 1 aromatic heterocycles. The van der Waals surface area contributed by atoms with E-state index in [0.717, 1.165) is 24.4 Å². The molecule has 7 heteroatoms. The summed E-state index contributed by atoms with van der Waals surface area (Å²) in [4.78, 5) is 24.9. The Balaban J connectivity index is 2.05. The number of carbonyl (C=O) groups excluding carboxylic acids is 1. The van der Waals surface area contributed by atoms with Crippen LogP contribution in [0.5, 0.6) is 0 Å². The summed E-state index contributed by atoms with van der Waals surface area (Å²) in [6.45, 7) is 5.23. The number of piperidine rings is 1. The van der Waals surface area contributed by atoms with Crippen molar-refractivity contribution in [1.82, 2.24) is 9.27 Å². The number of hydrogen-bond donors (Lipinski definition) is 2. The van der Waals surface area contributed by atoms with Crippen molar-refractivity contribution < 1.29 is 14.7 Å². The summed E-state index contributed by atoms with van der Waals surface area (Å²) in [7, 11) is 0. The molecule has 0 atom stereocenters. The first-order chi connectivity index (χ1) is 8.99. The molecule has 2 heterocycles. The van der Waals surface area contributed by atoms with Gasteiger partial charge >= 0.3 is 12.0 Å². The molecule has 1 aliphatic heterocycles. The average Bonchev–Trinajstić information content (AvgIpc) is 2.71. The molecule has 19 heavy (non-hydrogen) atoms. The van der Waals surface area contributed by atoms with Crippen LogP contribution in [0.15, 0.2) is 0 Å². The van der Waals surface area contributed by atoms with Gasteiger partial charge in [-0.3, -0.25) is 5.32 Å². The molecular formula is C12H17N3O3S. The molecule has 1 fully saturated rings. The largest absolute Gasteiger partial charge is 0.478 e. The average molecular weight is 283 g/mol. The van der Waals surface area contributed by atoms with Gasteiger partial charge in [0.25, 0.3) is 0 Å². The fraction of sp³-hybridized carbons (Fsp3) is 0.583. The van der Waals surface area contributed by atoms with Crippen LogP contribution in [-0.2, 0) is 0 Å². The van der Waals surface area contributed by atoms with Crippen LogP contribution < -0.4 is 5.32 Å². The molecule has 0 saturated carbocycles. The van der Waals surface area contributed by atoms with Crippen LogP contribution >= 0.6 is 11.5 Å². The van der Waals surface area contributed by atoms with Crippen LogP contribution in [0, 0.1) is 12.8 Å². The first-order valence-corrected chi connectivity index (χ1v) is 7.02. The molecule has 2 amide bonds. The number of aromatic carboxylic acids is 1. The molecule has 104 valence electrons. The molecular weight excluding hydrogens is 266 g/mol. The molecule has 0 spiro atoms. The normalized spacial score (nSPS) is 16.4. The molecule has 0 bridgehead atoms. The van der Waals surface area contributed by atoms with Gasteiger partial charge in [-0.2, -0.15) is 4.37 Å². The maximum Gasteiger partial charge on any atom is 0.340 e. The van der Waals surface area contributed by atoms with Crippen molar-refractivity contribution in [2.75, 3.05) is 18.4 Å². The van der Waals surface area contributed by atoms with Crippen LogP contribution in [0.4, 0.5) is 9.80 Å². The van der Waals surface area contributed by atoms with Gasteiger partial charge in [-0.05, 0) is 37.2 Å². The highest BCUT2D eigenvalue weighted by Gasteiger charge is 2.24. The fourth-order valence-corrected chi connectivity index (χ4v) is 2.87. The Morgan fingerprint density at radius 2 is 2.05 bits per heavy atom. The predicted octanol–water partition coefficient (Wildman–Crippen LogP) is 2.41. The van der Waals surface area contributed by atoms with E-state index >= 15 is 0 Å². The van der Waals surface area contributed by atoms with Crippen molar-refractivity contribution in [3.05, 3.63) is 11.3 Å². The van der Waals surface area contributed by atoms with Crippen molar-refractivity contribution >= 4 is 28.5 Å². The molecule has 0 aliphatic carbocycles. The zero-order chi connectivity index (χ0) is 14.0. The van der Waals surface area contributed by atoms with Crippen molar-refractivity contribution in [2.45, 2.75) is 26.7 Å². The monoisotopic (exact) mass is 283 g/mol. The molecule has 1 saturated heterocycles. The second-order valence-corrected chi connectivity index (χ2v) is 5.65. The van der Waals surface area contributed by atoms with Crippen molar-refractivity contribution in [1.29, 1.82) is 0 Å². The Morgan fingerprint density at radius 1 is 1.42 bits per heavy atom. The lowest BCUT2D eigenvalue weighted by Crippen LogP contribution is -2.40. The second-order valence-electron chi connectivity index (χ2n) is 4.88. The number of hydrogen-bond acceptors (Lipinski definition) is 4. The number of nitrogens with one attached hydrogen (secondary N) is 1. The number of aryl methyl sites for hydroxylation is 1. The second kappa shape index (κ2) is 5.56. The molecule has 6 nitrogen and oxygen atoms in total. The zero-order valence-corrected chi connectivity index (χ0v) is 11.8. The van der Waals surface area contributed by atoms with E-state index in [1.165, 1.54) is 0 Å². The smallest absolute Gasteiger partial charge is 0.340 e. The van der Waals surface area contributed by atoms with Gasteiger partial charge in [0, 0.05) is 13.1 Å². The Labute approximate surface area is 115 Å². The minimum Gasteiger partial charge on any atom is -0.478 e. The highest BCUT2D eigenvalue weighted by molar-refractivity contribution is 7.11. The maximum atomic E-state index is 12.1. The number of aromatic nitrogens is 1. The standard InChI is InChI=1S/C12H17N3O3S/c1-7-3-5-15(6-4-7)12(18)13-10-9(11(16)17)8(2)14-19-10/h7H,3-6H2,1-2H3,(H,13,18)(H,16,17). The number of nitrogens with zero attached hydrogens (tertiary/aromatic N) is 2. The number of carbonyl (C=O) groups is 2. The van der Waals surface area contributed by atoms with E-state index in [1.807, 2.05) is 0 Å². The van der Waals surface area contributed by atoms with Gasteiger partial charge < -0.3 is 10.0 Å². The van der Waals surface area contributed by atoms with Gasteiger partial charge in [0.05, 0.1) is 5.69 Å². The third kappa shape index (κ3) is 3.04. The van der Waals surface area contributed by atoms with Crippen molar-refractivity contribution in [2.24, 2.45) is 5.92 Å². The number of amides is 2. The van der Waals surface area contributed by atoms with E-state index in [9.17, 15) is 9.59 Å². The Kier molecular flexibility index (Phi) is 4.04. The highest BCUT2D eigenvalue weighted by Crippen LogP contribution is 2.25. The lowest BCUT2D eigenvalue weighted by atomic mass is 10.00. The summed E-state index contributed by atoms with van der Waals surface area (Å²) < 4.78 is 3.98. The van der Waals surface area contributed by atoms with Gasteiger partial charge in [-0.15, -0.1) is 0 Å². The Morgan fingerprint density at radius 3 is 2.63 bits per heavy atom. The third-order valence-corrected chi connectivity index (χ3v) is 4.22. The first kappa shape index (κ1) is 13.8. The number of rotatable bonds is 2. The topological polar surface area (TPSA) is 82.5 Å². The molecule has 0 aromatic carbocycles. The van der Waals surface area contributed by atoms with E-state index < -0.39 is 5.97 Å². The minimum atomic E-state index is -1.06. The van der Waals surface area contributed by atoms with E-state index in [2.05, 4.69) is 16.6 Å². The van der Waals surface area contributed by atoms with Crippen LogP contribution in [0.25, 0.3) is 0 Å². The molecule has 2 N–H and O–H groups in total. The number of carboxylic acids is 1. The van der Waals surface area contributed by atoms with Crippen molar-refractivity contribution in [3.8, 4) is 0 Å². The lowest BCUT2D eigenvalue weighted by Gasteiger charge is -2.30. The van der Waals surface area contributed by atoms with Gasteiger partial charge in [0.1, 0.15) is 10.6 Å².